The highest BCUT2D eigenvalue weighted by atomic mass is 16.5. The Bertz CT molecular complexity index is 488. The standard InChI is InChI=1S/C16H26N4O/c1-16(2,3)20-15-18-13(11-6-7-11)9-14(19-15)17-10-12-5-4-8-21-12/h9,11-12H,4-8,10H2,1-3H3,(H2,17,18,19,20)/t12-/m1/s1. The van der Waals surface area contributed by atoms with Crippen LogP contribution < -0.4 is 10.6 Å². The molecule has 2 fully saturated rings. The minimum absolute atomic E-state index is 0.0337. The molecule has 1 saturated heterocycles. The van der Waals surface area contributed by atoms with Crippen LogP contribution in [-0.4, -0.2) is 34.8 Å². The number of ether oxygens (including phenoxy) is 1. The van der Waals surface area contributed by atoms with E-state index in [4.69, 9.17) is 4.74 Å². The molecule has 1 aliphatic carbocycles. The minimum atomic E-state index is -0.0337. The summed E-state index contributed by atoms with van der Waals surface area (Å²) in [7, 11) is 0. The molecule has 21 heavy (non-hydrogen) atoms. The molecule has 0 radical (unpaired) electrons. The molecule has 0 spiro atoms. The average molecular weight is 290 g/mol. The van der Waals surface area contributed by atoms with Crippen molar-refractivity contribution >= 4 is 11.8 Å². The maximum absolute atomic E-state index is 5.65. The molecule has 5 heteroatoms. The van der Waals surface area contributed by atoms with Gasteiger partial charge in [0.2, 0.25) is 5.95 Å². The van der Waals surface area contributed by atoms with Gasteiger partial charge in [0, 0.05) is 30.7 Å². The van der Waals surface area contributed by atoms with Crippen LogP contribution in [0.25, 0.3) is 0 Å². The van der Waals surface area contributed by atoms with Crippen LogP contribution in [0.1, 0.15) is 58.1 Å². The lowest BCUT2D eigenvalue weighted by Gasteiger charge is -2.21. The first-order chi connectivity index (χ1) is 9.99. The van der Waals surface area contributed by atoms with E-state index in [1.807, 2.05) is 0 Å². The van der Waals surface area contributed by atoms with Gasteiger partial charge in [-0.2, -0.15) is 4.98 Å². The van der Waals surface area contributed by atoms with E-state index >= 15 is 0 Å². The average Bonchev–Trinajstić information content (AvgIpc) is 3.11. The van der Waals surface area contributed by atoms with E-state index in [-0.39, 0.29) is 5.54 Å². The Balaban J connectivity index is 1.71. The van der Waals surface area contributed by atoms with Gasteiger partial charge in [0.15, 0.2) is 0 Å². The molecule has 1 aliphatic heterocycles. The number of hydrogen-bond donors (Lipinski definition) is 2. The number of aromatic nitrogens is 2. The van der Waals surface area contributed by atoms with Crippen LogP contribution in [0.5, 0.6) is 0 Å². The highest BCUT2D eigenvalue weighted by Gasteiger charge is 2.27. The maximum Gasteiger partial charge on any atom is 0.225 e. The summed E-state index contributed by atoms with van der Waals surface area (Å²) >= 11 is 0. The molecular formula is C16H26N4O. The Labute approximate surface area is 126 Å². The Morgan fingerprint density at radius 3 is 2.67 bits per heavy atom. The van der Waals surface area contributed by atoms with Crippen LogP contribution >= 0.6 is 0 Å². The summed E-state index contributed by atoms with van der Waals surface area (Å²) in [4.78, 5) is 9.27. The predicted octanol–water partition coefficient (Wildman–Crippen LogP) is 3.16. The summed E-state index contributed by atoms with van der Waals surface area (Å²) in [6, 6.07) is 2.10. The number of hydrogen-bond acceptors (Lipinski definition) is 5. The Kier molecular flexibility index (Phi) is 4.02. The summed E-state index contributed by atoms with van der Waals surface area (Å²) in [6.45, 7) is 8.09. The maximum atomic E-state index is 5.65. The van der Waals surface area contributed by atoms with Crippen LogP contribution in [0.2, 0.25) is 0 Å². The van der Waals surface area contributed by atoms with Gasteiger partial charge in [-0.15, -0.1) is 0 Å². The van der Waals surface area contributed by atoms with Gasteiger partial charge in [-0.1, -0.05) is 0 Å². The summed E-state index contributed by atoms with van der Waals surface area (Å²) < 4.78 is 5.65. The van der Waals surface area contributed by atoms with Gasteiger partial charge in [0.1, 0.15) is 5.82 Å². The molecule has 0 aromatic carbocycles. The van der Waals surface area contributed by atoms with Crippen molar-refractivity contribution in [1.82, 2.24) is 9.97 Å². The lowest BCUT2D eigenvalue weighted by molar-refractivity contribution is 0.120. The van der Waals surface area contributed by atoms with Crippen LogP contribution in [-0.2, 0) is 4.74 Å². The van der Waals surface area contributed by atoms with Crippen molar-refractivity contribution in [2.45, 2.75) is 64.0 Å². The third kappa shape index (κ3) is 4.30. The predicted molar refractivity (Wildman–Crippen MR) is 84.8 cm³/mol. The molecule has 116 valence electrons. The third-order valence-electron chi connectivity index (χ3n) is 3.76. The van der Waals surface area contributed by atoms with Crippen molar-refractivity contribution < 1.29 is 4.74 Å². The van der Waals surface area contributed by atoms with E-state index in [2.05, 4.69) is 47.4 Å². The highest BCUT2D eigenvalue weighted by molar-refractivity contribution is 5.45. The van der Waals surface area contributed by atoms with E-state index in [0.717, 1.165) is 37.0 Å². The molecule has 2 N–H and O–H groups in total. The lowest BCUT2D eigenvalue weighted by atomic mass is 10.1. The summed E-state index contributed by atoms with van der Waals surface area (Å²) in [5.41, 5.74) is 1.13. The van der Waals surface area contributed by atoms with E-state index in [9.17, 15) is 0 Å². The fourth-order valence-electron chi connectivity index (χ4n) is 2.56. The van der Waals surface area contributed by atoms with E-state index in [0.29, 0.717) is 12.0 Å². The second-order valence-electron chi connectivity index (χ2n) is 7.17. The SMILES string of the molecule is CC(C)(C)Nc1nc(NC[C@H]2CCCO2)cc(C2CC2)n1. The quantitative estimate of drug-likeness (QED) is 0.872. The number of anilines is 2. The van der Waals surface area contributed by atoms with Gasteiger partial charge in [0.05, 0.1) is 11.8 Å². The van der Waals surface area contributed by atoms with E-state index < -0.39 is 0 Å². The number of nitrogens with one attached hydrogen (secondary N) is 2. The zero-order valence-corrected chi connectivity index (χ0v) is 13.3. The molecule has 2 aliphatic rings. The number of nitrogens with zero attached hydrogens (tertiary/aromatic N) is 2. The zero-order valence-electron chi connectivity index (χ0n) is 13.3. The van der Waals surface area contributed by atoms with Gasteiger partial charge >= 0.3 is 0 Å². The fraction of sp³-hybridized carbons (Fsp3) is 0.750. The van der Waals surface area contributed by atoms with Crippen LogP contribution in [0, 0.1) is 0 Å². The normalized spacial score (nSPS) is 22.3. The Morgan fingerprint density at radius 1 is 1.24 bits per heavy atom. The molecule has 0 bridgehead atoms. The first-order valence-electron chi connectivity index (χ1n) is 8.02. The van der Waals surface area contributed by atoms with Gasteiger partial charge in [-0.25, -0.2) is 4.98 Å². The second kappa shape index (κ2) is 5.79. The van der Waals surface area contributed by atoms with Gasteiger partial charge in [-0.3, -0.25) is 0 Å². The van der Waals surface area contributed by atoms with E-state index in [1.165, 1.54) is 19.3 Å². The first-order valence-corrected chi connectivity index (χ1v) is 8.02. The summed E-state index contributed by atoms with van der Waals surface area (Å²) in [6.07, 6.45) is 5.12. The Morgan fingerprint density at radius 2 is 2.05 bits per heavy atom. The second-order valence-corrected chi connectivity index (χ2v) is 7.17. The summed E-state index contributed by atoms with van der Waals surface area (Å²) in [5.74, 6) is 2.26. The zero-order chi connectivity index (χ0) is 14.9. The Hall–Kier alpha value is -1.36. The largest absolute Gasteiger partial charge is 0.376 e. The number of rotatable bonds is 5. The van der Waals surface area contributed by atoms with Crippen molar-refractivity contribution in [3.63, 3.8) is 0 Å². The lowest BCUT2D eigenvalue weighted by Crippen LogP contribution is -2.28. The van der Waals surface area contributed by atoms with Crippen molar-refractivity contribution in [1.29, 1.82) is 0 Å². The highest BCUT2D eigenvalue weighted by Crippen LogP contribution is 2.40. The van der Waals surface area contributed by atoms with Crippen LogP contribution in [0.15, 0.2) is 6.07 Å². The minimum Gasteiger partial charge on any atom is -0.376 e. The molecule has 2 heterocycles. The monoisotopic (exact) mass is 290 g/mol. The fourth-order valence-corrected chi connectivity index (χ4v) is 2.56. The molecule has 0 unspecified atom stereocenters. The van der Waals surface area contributed by atoms with Crippen LogP contribution in [0.4, 0.5) is 11.8 Å². The van der Waals surface area contributed by atoms with Gasteiger partial charge < -0.3 is 15.4 Å². The smallest absolute Gasteiger partial charge is 0.225 e. The first kappa shape index (κ1) is 14.6. The molecule has 3 rings (SSSR count). The van der Waals surface area contributed by atoms with Crippen LogP contribution in [0.3, 0.4) is 0 Å². The van der Waals surface area contributed by atoms with Crippen molar-refractivity contribution in [2.24, 2.45) is 0 Å². The van der Waals surface area contributed by atoms with Gasteiger partial charge in [0.25, 0.3) is 0 Å². The molecule has 0 amide bonds. The van der Waals surface area contributed by atoms with Gasteiger partial charge in [-0.05, 0) is 46.5 Å². The molecular weight excluding hydrogens is 264 g/mol. The third-order valence-corrected chi connectivity index (χ3v) is 3.76. The summed E-state index contributed by atoms with van der Waals surface area (Å²) in [5, 5.41) is 6.80. The van der Waals surface area contributed by atoms with Crippen molar-refractivity contribution in [3.05, 3.63) is 11.8 Å². The molecule has 1 aromatic rings. The molecule has 5 nitrogen and oxygen atoms in total. The topological polar surface area (TPSA) is 59.1 Å². The molecule has 1 aromatic heterocycles. The van der Waals surface area contributed by atoms with E-state index in [1.54, 1.807) is 0 Å². The molecule has 1 saturated carbocycles. The molecule has 1 atom stereocenters. The van der Waals surface area contributed by atoms with Crippen molar-refractivity contribution in [2.75, 3.05) is 23.8 Å². The van der Waals surface area contributed by atoms with Crippen molar-refractivity contribution in [3.8, 4) is 0 Å².